The third-order valence-corrected chi connectivity index (χ3v) is 4.32. The van der Waals surface area contributed by atoms with Crippen LogP contribution in [0.25, 0.3) is 0 Å². The Kier molecular flexibility index (Phi) is 7.27. The molecule has 0 aliphatic carbocycles. The zero-order valence-electron chi connectivity index (χ0n) is 15.8. The molecule has 0 saturated carbocycles. The van der Waals surface area contributed by atoms with E-state index in [0.29, 0.717) is 29.6 Å². The Hall–Kier alpha value is -2.39. The van der Waals surface area contributed by atoms with Gasteiger partial charge in [0.25, 0.3) is 0 Å². The summed E-state index contributed by atoms with van der Waals surface area (Å²) in [5.74, 6) is 0.0173. The summed E-state index contributed by atoms with van der Waals surface area (Å²) in [6.07, 6.45) is -1.07. The number of β-amino-alcohol motifs (C(OH)–C–C–N with tert-alkyl or cyclic N) is 1. The van der Waals surface area contributed by atoms with Crippen molar-refractivity contribution in [2.24, 2.45) is 0 Å². The normalized spacial score (nSPS) is 17.7. The summed E-state index contributed by atoms with van der Waals surface area (Å²) in [6.45, 7) is 2.25. The SMILES string of the molecule is CC(=O)Nc1ccc(F)cc1OC[C@H](O)CN1C[C@@H](Oc2ccc(Cl)cc2)CO1. The number of carbonyl (C=O) groups is 1. The molecule has 1 aliphatic heterocycles. The van der Waals surface area contributed by atoms with Crippen LogP contribution in [0.1, 0.15) is 6.92 Å². The van der Waals surface area contributed by atoms with Gasteiger partial charge in [-0.2, -0.15) is 5.06 Å². The molecular weight excluding hydrogens is 403 g/mol. The molecule has 1 aliphatic rings. The Morgan fingerprint density at radius 3 is 2.86 bits per heavy atom. The van der Waals surface area contributed by atoms with Crippen LogP contribution in [0.3, 0.4) is 0 Å². The predicted octanol–water partition coefficient (Wildman–Crippen LogP) is 2.87. The lowest BCUT2D eigenvalue weighted by molar-refractivity contribution is -0.131. The molecule has 156 valence electrons. The van der Waals surface area contributed by atoms with Crippen molar-refractivity contribution in [1.29, 1.82) is 0 Å². The second-order valence-corrected chi connectivity index (χ2v) is 7.06. The monoisotopic (exact) mass is 424 g/mol. The lowest BCUT2D eigenvalue weighted by Gasteiger charge is -2.20. The minimum Gasteiger partial charge on any atom is -0.489 e. The summed E-state index contributed by atoms with van der Waals surface area (Å²) in [4.78, 5) is 16.8. The molecule has 0 bridgehead atoms. The van der Waals surface area contributed by atoms with Gasteiger partial charge in [-0.05, 0) is 36.4 Å². The van der Waals surface area contributed by atoms with Crippen LogP contribution in [0.4, 0.5) is 10.1 Å². The first-order chi connectivity index (χ1) is 13.9. The van der Waals surface area contributed by atoms with Crippen molar-refractivity contribution in [3.8, 4) is 11.5 Å². The molecule has 1 heterocycles. The molecule has 2 aromatic carbocycles. The number of hydrogen-bond donors (Lipinski definition) is 2. The van der Waals surface area contributed by atoms with Gasteiger partial charge in [-0.25, -0.2) is 4.39 Å². The highest BCUT2D eigenvalue weighted by Crippen LogP contribution is 2.26. The lowest BCUT2D eigenvalue weighted by Crippen LogP contribution is -2.34. The van der Waals surface area contributed by atoms with Gasteiger partial charge in [-0.15, -0.1) is 0 Å². The standard InChI is InChI=1S/C20H22ClFN2O5/c1-13(25)23-19-7-4-15(22)8-20(19)27-11-16(26)9-24-10-18(12-28-24)29-17-5-2-14(21)3-6-17/h2-8,16,18,26H,9-12H2,1H3,(H,23,25)/t16-,18-/m1/s1. The molecule has 3 rings (SSSR count). The molecule has 1 saturated heterocycles. The predicted molar refractivity (Wildman–Crippen MR) is 106 cm³/mol. The van der Waals surface area contributed by atoms with Gasteiger partial charge >= 0.3 is 0 Å². The highest BCUT2D eigenvalue weighted by atomic mass is 35.5. The molecule has 1 amide bonds. The first-order valence-corrected chi connectivity index (χ1v) is 9.45. The van der Waals surface area contributed by atoms with E-state index in [0.717, 1.165) is 6.07 Å². The van der Waals surface area contributed by atoms with Gasteiger partial charge in [0, 0.05) is 18.0 Å². The van der Waals surface area contributed by atoms with Gasteiger partial charge in [0.15, 0.2) is 0 Å². The zero-order valence-corrected chi connectivity index (χ0v) is 16.6. The molecule has 0 spiro atoms. The van der Waals surface area contributed by atoms with Crippen LogP contribution in [0.5, 0.6) is 11.5 Å². The van der Waals surface area contributed by atoms with Crippen molar-refractivity contribution in [3.05, 3.63) is 53.3 Å². The topological polar surface area (TPSA) is 80.3 Å². The molecule has 1 fully saturated rings. The number of rotatable bonds is 8. The summed E-state index contributed by atoms with van der Waals surface area (Å²) in [7, 11) is 0. The third kappa shape index (κ3) is 6.57. The minimum absolute atomic E-state index is 0.0986. The zero-order chi connectivity index (χ0) is 20.8. The molecule has 2 N–H and O–H groups in total. The Bertz CT molecular complexity index is 836. The van der Waals surface area contributed by atoms with E-state index in [2.05, 4.69) is 5.32 Å². The molecule has 0 aromatic heterocycles. The summed E-state index contributed by atoms with van der Waals surface area (Å²) in [5, 5.41) is 15.0. The number of hydroxylamine groups is 2. The van der Waals surface area contributed by atoms with E-state index < -0.39 is 11.9 Å². The van der Waals surface area contributed by atoms with Crippen molar-refractivity contribution in [1.82, 2.24) is 5.06 Å². The van der Waals surface area contributed by atoms with Crippen LogP contribution >= 0.6 is 11.6 Å². The van der Waals surface area contributed by atoms with Crippen LogP contribution in [0, 0.1) is 5.82 Å². The van der Waals surface area contributed by atoms with E-state index >= 15 is 0 Å². The fraction of sp³-hybridized carbons (Fsp3) is 0.350. The molecular formula is C20H22ClFN2O5. The quantitative estimate of drug-likeness (QED) is 0.678. The van der Waals surface area contributed by atoms with Crippen LogP contribution < -0.4 is 14.8 Å². The van der Waals surface area contributed by atoms with Gasteiger partial charge in [0.1, 0.15) is 42.7 Å². The number of aliphatic hydroxyl groups excluding tert-OH is 1. The Balaban J connectivity index is 1.46. The molecule has 2 atom stereocenters. The number of hydrogen-bond acceptors (Lipinski definition) is 6. The van der Waals surface area contributed by atoms with Crippen LogP contribution in [-0.2, 0) is 9.63 Å². The van der Waals surface area contributed by atoms with Crippen molar-refractivity contribution in [3.63, 3.8) is 0 Å². The second kappa shape index (κ2) is 9.89. The van der Waals surface area contributed by atoms with Gasteiger partial charge in [-0.1, -0.05) is 11.6 Å². The molecule has 29 heavy (non-hydrogen) atoms. The Morgan fingerprint density at radius 2 is 2.14 bits per heavy atom. The number of benzene rings is 2. The first kappa shape index (κ1) is 21.3. The minimum atomic E-state index is -0.891. The highest BCUT2D eigenvalue weighted by molar-refractivity contribution is 6.30. The third-order valence-electron chi connectivity index (χ3n) is 4.07. The fourth-order valence-electron chi connectivity index (χ4n) is 2.81. The number of halogens is 2. The maximum absolute atomic E-state index is 13.5. The maximum Gasteiger partial charge on any atom is 0.221 e. The van der Waals surface area contributed by atoms with E-state index in [1.165, 1.54) is 19.1 Å². The van der Waals surface area contributed by atoms with Gasteiger partial charge in [-0.3, -0.25) is 9.63 Å². The number of carbonyl (C=O) groups excluding carboxylic acids is 1. The summed E-state index contributed by atoms with van der Waals surface area (Å²) >= 11 is 5.86. The van der Waals surface area contributed by atoms with E-state index in [-0.39, 0.29) is 30.9 Å². The Morgan fingerprint density at radius 1 is 1.38 bits per heavy atom. The number of nitrogens with zero attached hydrogens (tertiary/aromatic N) is 1. The molecule has 0 radical (unpaired) electrons. The smallest absolute Gasteiger partial charge is 0.221 e. The maximum atomic E-state index is 13.5. The van der Waals surface area contributed by atoms with Gasteiger partial charge < -0.3 is 19.9 Å². The van der Waals surface area contributed by atoms with Crippen LogP contribution in [-0.4, -0.2) is 54.6 Å². The lowest BCUT2D eigenvalue weighted by atomic mass is 10.2. The van der Waals surface area contributed by atoms with Crippen molar-refractivity contribution < 1.29 is 28.6 Å². The average molecular weight is 425 g/mol. The number of nitrogens with one attached hydrogen (secondary N) is 1. The molecule has 7 nitrogen and oxygen atoms in total. The molecule has 0 unspecified atom stereocenters. The number of aliphatic hydroxyl groups is 1. The van der Waals surface area contributed by atoms with Gasteiger partial charge in [0.05, 0.1) is 18.8 Å². The van der Waals surface area contributed by atoms with E-state index in [9.17, 15) is 14.3 Å². The number of ether oxygens (including phenoxy) is 2. The van der Waals surface area contributed by atoms with Crippen LogP contribution in [0.2, 0.25) is 5.02 Å². The second-order valence-electron chi connectivity index (χ2n) is 6.62. The largest absolute Gasteiger partial charge is 0.489 e. The van der Waals surface area contributed by atoms with E-state index in [1.54, 1.807) is 29.3 Å². The van der Waals surface area contributed by atoms with Crippen molar-refractivity contribution in [2.75, 3.05) is 31.6 Å². The highest BCUT2D eigenvalue weighted by Gasteiger charge is 2.27. The summed E-state index contributed by atoms with van der Waals surface area (Å²) in [6, 6.07) is 10.8. The van der Waals surface area contributed by atoms with Gasteiger partial charge in [0.2, 0.25) is 5.91 Å². The number of amides is 1. The first-order valence-electron chi connectivity index (χ1n) is 9.07. The van der Waals surface area contributed by atoms with Crippen molar-refractivity contribution >= 4 is 23.2 Å². The van der Waals surface area contributed by atoms with E-state index in [1.807, 2.05) is 0 Å². The molecule has 9 heteroatoms. The molecule has 2 aromatic rings. The van der Waals surface area contributed by atoms with E-state index in [4.69, 9.17) is 25.9 Å². The summed E-state index contributed by atoms with van der Waals surface area (Å²) < 4.78 is 24.8. The fourth-order valence-corrected chi connectivity index (χ4v) is 2.93. The van der Waals surface area contributed by atoms with Crippen LogP contribution in [0.15, 0.2) is 42.5 Å². The average Bonchev–Trinajstić information content (AvgIpc) is 3.10. The number of anilines is 1. The summed E-state index contributed by atoms with van der Waals surface area (Å²) in [5.41, 5.74) is 0.333. The Labute approximate surface area is 172 Å². The van der Waals surface area contributed by atoms with Crippen molar-refractivity contribution in [2.45, 2.75) is 19.1 Å².